The van der Waals surface area contributed by atoms with Crippen LogP contribution in [-0.4, -0.2) is 36.0 Å². The van der Waals surface area contributed by atoms with Crippen molar-refractivity contribution in [1.29, 1.82) is 0 Å². The molecule has 0 fully saturated rings. The van der Waals surface area contributed by atoms with E-state index in [1.807, 2.05) is 52.0 Å². The topological polar surface area (TPSA) is 91.6 Å². The van der Waals surface area contributed by atoms with Crippen LogP contribution in [0.15, 0.2) is 39.9 Å². The molecule has 160 valence electrons. The van der Waals surface area contributed by atoms with Gasteiger partial charge in [-0.2, -0.15) is 0 Å². The molecule has 1 aromatic carbocycles. The van der Waals surface area contributed by atoms with Gasteiger partial charge in [0.2, 0.25) is 11.8 Å². The first-order valence-electron chi connectivity index (χ1n) is 9.84. The molecule has 0 saturated carbocycles. The van der Waals surface area contributed by atoms with Crippen molar-refractivity contribution in [3.05, 3.63) is 41.8 Å². The number of amides is 1. The Morgan fingerprint density at radius 1 is 1.21 bits per heavy atom. The number of aryl methyl sites for hydroxylation is 1. The molecule has 0 radical (unpaired) electrons. The molecule has 0 aliphatic carbocycles. The lowest BCUT2D eigenvalue weighted by atomic mass is 10.1. The van der Waals surface area contributed by atoms with Crippen LogP contribution in [-0.2, 0) is 11.3 Å². The lowest BCUT2D eigenvalue weighted by Gasteiger charge is -2.13. The number of aliphatic imine (C=N–C) groups is 1. The van der Waals surface area contributed by atoms with Crippen LogP contribution >= 0.6 is 24.0 Å². The number of guanidine groups is 1. The predicted octanol–water partition coefficient (Wildman–Crippen LogP) is 3.63. The zero-order valence-electron chi connectivity index (χ0n) is 17.6. The van der Waals surface area contributed by atoms with E-state index in [2.05, 4.69) is 25.9 Å². The molecular formula is C21H32IN5O2. The normalized spacial score (nSPS) is 12.1. The molecule has 2 aromatic rings. The monoisotopic (exact) mass is 513 g/mol. The summed E-state index contributed by atoms with van der Waals surface area (Å²) in [5.41, 5.74) is 2.89. The highest BCUT2D eigenvalue weighted by Crippen LogP contribution is 2.19. The fourth-order valence-electron chi connectivity index (χ4n) is 2.45. The van der Waals surface area contributed by atoms with E-state index in [1.165, 1.54) is 5.56 Å². The second-order valence-corrected chi connectivity index (χ2v) is 6.76. The van der Waals surface area contributed by atoms with Crippen LogP contribution in [0.5, 0.6) is 0 Å². The number of carbonyl (C=O) groups excluding carboxylic acids is 1. The molecule has 1 heterocycles. The van der Waals surface area contributed by atoms with Gasteiger partial charge in [0.05, 0.1) is 6.54 Å². The molecule has 0 spiro atoms. The van der Waals surface area contributed by atoms with Gasteiger partial charge in [0, 0.05) is 31.1 Å². The van der Waals surface area contributed by atoms with Gasteiger partial charge in [-0.3, -0.25) is 4.79 Å². The molecule has 7 nitrogen and oxygen atoms in total. The van der Waals surface area contributed by atoms with Crippen molar-refractivity contribution in [1.82, 2.24) is 20.9 Å². The molecule has 1 unspecified atom stereocenters. The summed E-state index contributed by atoms with van der Waals surface area (Å²) in [5, 5.41) is 9.30. The number of nitrogens with one attached hydrogen (secondary N) is 3. The van der Waals surface area contributed by atoms with Crippen LogP contribution in [0.2, 0.25) is 0 Å². The average molecular weight is 513 g/mol. The van der Waals surface area contributed by atoms with E-state index >= 15 is 0 Å². The smallest absolute Gasteiger partial charge is 0.226 e. The third-order valence-corrected chi connectivity index (χ3v) is 4.26. The lowest BCUT2D eigenvalue weighted by molar-refractivity contribution is -0.121. The van der Waals surface area contributed by atoms with Gasteiger partial charge < -0.3 is 20.4 Å². The minimum Gasteiger partial charge on any atom is -0.444 e. The highest BCUT2D eigenvalue weighted by molar-refractivity contribution is 14.0. The van der Waals surface area contributed by atoms with Crippen LogP contribution in [0.1, 0.15) is 44.9 Å². The van der Waals surface area contributed by atoms with E-state index in [9.17, 15) is 4.79 Å². The van der Waals surface area contributed by atoms with Gasteiger partial charge in [0.25, 0.3) is 0 Å². The second kappa shape index (κ2) is 13.2. The zero-order valence-corrected chi connectivity index (χ0v) is 19.9. The van der Waals surface area contributed by atoms with E-state index in [0.717, 1.165) is 24.2 Å². The lowest BCUT2D eigenvalue weighted by Crippen LogP contribution is -2.40. The fraction of sp³-hybridized carbons (Fsp3) is 0.476. The van der Waals surface area contributed by atoms with Gasteiger partial charge in [-0.1, -0.05) is 24.6 Å². The number of oxazole rings is 1. The van der Waals surface area contributed by atoms with Gasteiger partial charge in [0.1, 0.15) is 12.0 Å². The Morgan fingerprint density at radius 2 is 1.93 bits per heavy atom. The molecule has 2 rings (SSSR count). The molecule has 0 bridgehead atoms. The molecule has 1 atom stereocenters. The standard InChI is InChI=1S/C21H31N5O2.HI/c1-5-16(4)25-19(27)11-12-23-21(22-6-2)24-13-18-14-28-20(26-18)17-9-7-15(3)8-10-17;/h7-10,14,16H,5-6,11-13H2,1-4H3,(H,25,27)(H2,22,23,24);1H. The molecule has 0 saturated heterocycles. The third kappa shape index (κ3) is 8.84. The van der Waals surface area contributed by atoms with Crippen molar-refractivity contribution < 1.29 is 9.21 Å². The van der Waals surface area contributed by atoms with Crippen molar-refractivity contribution >= 4 is 35.8 Å². The number of aromatic nitrogens is 1. The Morgan fingerprint density at radius 3 is 2.59 bits per heavy atom. The van der Waals surface area contributed by atoms with E-state index in [4.69, 9.17) is 4.42 Å². The van der Waals surface area contributed by atoms with Crippen LogP contribution < -0.4 is 16.0 Å². The van der Waals surface area contributed by atoms with E-state index in [0.29, 0.717) is 31.4 Å². The quantitative estimate of drug-likeness (QED) is 0.271. The summed E-state index contributed by atoms with van der Waals surface area (Å²) >= 11 is 0. The van der Waals surface area contributed by atoms with Crippen molar-refractivity contribution in [2.45, 2.75) is 53.1 Å². The summed E-state index contributed by atoms with van der Waals surface area (Å²) in [7, 11) is 0. The summed E-state index contributed by atoms with van der Waals surface area (Å²) in [6.45, 7) is 9.73. The Hall–Kier alpha value is -2.10. The fourth-order valence-corrected chi connectivity index (χ4v) is 2.45. The van der Waals surface area contributed by atoms with Gasteiger partial charge in [0.15, 0.2) is 5.96 Å². The number of hydrogen-bond acceptors (Lipinski definition) is 4. The highest BCUT2D eigenvalue weighted by Gasteiger charge is 2.08. The van der Waals surface area contributed by atoms with Crippen LogP contribution in [0.4, 0.5) is 0 Å². The van der Waals surface area contributed by atoms with Crippen molar-refractivity contribution in [3.8, 4) is 11.5 Å². The average Bonchev–Trinajstić information content (AvgIpc) is 3.15. The summed E-state index contributed by atoms with van der Waals surface area (Å²) in [6, 6.07) is 8.24. The number of halogens is 1. The first-order valence-corrected chi connectivity index (χ1v) is 9.84. The Balaban J connectivity index is 0.00000420. The SMILES string of the molecule is CCNC(=NCc1coc(-c2ccc(C)cc2)n1)NCCC(=O)NC(C)CC.I. The summed E-state index contributed by atoms with van der Waals surface area (Å²) in [5.74, 6) is 1.28. The van der Waals surface area contributed by atoms with Crippen LogP contribution in [0.25, 0.3) is 11.5 Å². The maximum Gasteiger partial charge on any atom is 0.226 e. The zero-order chi connectivity index (χ0) is 20.4. The van der Waals surface area contributed by atoms with E-state index < -0.39 is 0 Å². The molecule has 1 amide bonds. The molecule has 0 aliphatic rings. The van der Waals surface area contributed by atoms with Gasteiger partial charge in [-0.25, -0.2) is 9.98 Å². The summed E-state index contributed by atoms with van der Waals surface area (Å²) in [4.78, 5) is 20.9. The molecule has 0 aliphatic heterocycles. The summed E-state index contributed by atoms with van der Waals surface area (Å²) in [6.07, 6.45) is 2.95. The number of carbonyl (C=O) groups is 1. The van der Waals surface area contributed by atoms with Gasteiger partial charge in [-0.05, 0) is 39.3 Å². The van der Waals surface area contributed by atoms with Crippen molar-refractivity contribution in [3.63, 3.8) is 0 Å². The molecule has 29 heavy (non-hydrogen) atoms. The number of benzene rings is 1. The summed E-state index contributed by atoms with van der Waals surface area (Å²) < 4.78 is 5.57. The Bertz CT molecular complexity index is 774. The molecule has 3 N–H and O–H groups in total. The first kappa shape index (κ1) is 24.9. The minimum atomic E-state index is 0. The van der Waals surface area contributed by atoms with E-state index in [-0.39, 0.29) is 35.9 Å². The highest BCUT2D eigenvalue weighted by atomic mass is 127. The first-order chi connectivity index (χ1) is 13.5. The number of hydrogen-bond donors (Lipinski definition) is 3. The van der Waals surface area contributed by atoms with Crippen molar-refractivity contribution in [2.24, 2.45) is 4.99 Å². The largest absolute Gasteiger partial charge is 0.444 e. The van der Waals surface area contributed by atoms with Crippen LogP contribution in [0, 0.1) is 6.92 Å². The molecule has 1 aromatic heterocycles. The predicted molar refractivity (Wildman–Crippen MR) is 127 cm³/mol. The second-order valence-electron chi connectivity index (χ2n) is 6.76. The Labute approximate surface area is 190 Å². The van der Waals surface area contributed by atoms with Gasteiger partial charge in [-0.15, -0.1) is 24.0 Å². The number of rotatable bonds is 9. The van der Waals surface area contributed by atoms with Gasteiger partial charge >= 0.3 is 0 Å². The number of nitrogens with zero attached hydrogens (tertiary/aromatic N) is 2. The maximum atomic E-state index is 11.9. The minimum absolute atomic E-state index is 0. The Kier molecular flexibility index (Phi) is 11.3. The third-order valence-electron chi connectivity index (χ3n) is 4.26. The maximum absolute atomic E-state index is 11.9. The molecular weight excluding hydrogens is 481 g/mol. The van der Waals surface area contributed by atoms with Crippen molar-refractivity contribution in [2.75, 3.05) is 13.1 Å². The molecule has 8 heteroatoms. The van der Waals surface area contributed by atoms with E-state index in [1.54, 1.807) is 6.26 Å². The van der Waals surface area contributed by atoms with Crippen LogP contribution in [0.3, 0.4) is 0 Å².